The average Bonchev–Trinajstić information content (AvgIpc) is 3.32. The first-order chi connectivity index (χ1) is 18.3. The number of hydrogen-bond acceptors (Lipinski definition) is 5. The molecule has 2 rings (SSSR count). The molecule has 2 N–H and O–H groups in total. The number of benzene rings is 1. The maximum absolute atomic E-state index is 13.5. The van der Waals surface area contributed by atoms with E-state index in [4.69, 9.17) is 14.6 Å². The summed E-state index contributed by atoms with van der Waals surface area (Å²) >= 11 is 0. The van der Waals surface area contributed by atoms with Crippen LogP contribution < -0.4 is 20.1 Å². The number of carbonyl (C=O) groups is 2. The van der Waals surface area contributed by atoms with Gasteiger partial charge in [-0.1, -0.05) is 66.4 Å². The molecule has 1 aromatic carbocycles. The van der Waals surface area contributed by atoms with Crippen molar-refractivity contribution in [1.82, 2.24) is 20.4 Å². The molecule has 0 saturated carbocycles. The van der Waals surface area contributed by atoms with E-state index >= 15 is 0 Å². The third-order valence-corrected chi connectivity index (χ3v) is 6.91. The highest BCUT2D eigenvalue weighted by Gasteiger charge is 2.25. The molecule has 0 radical (unpaired) electrons. The van der Waals surface area contributed by atoms with Gasteiger partial charge in [0.05, 0.1) is 25.5 Å². The van der Waals surface area contributed by atoms with Crippen molar-refractivity contribution < 1.29 is 19.1 Å². The second kappa shape index (κ2) is 16.0. The van der Waals surface area contributed by atoms with E-state index in [0.717, 1.165) is 43.4 Å². The van der Waals surface area contributed by atoms with Crippen molar-refractivity contribution in [3.05, 3.63) is 30.0 Å². The Kier molecular flexibility index (Phi) is 13.2. The van der Waals surface area contributed by atoms with Gasteiger partial charge in [0, 0.05) is 25.6 Å². The Labute approximate surface area is 228 Å². The molecule has 38 heavy (non-hydrogen) atoms. The van der Waals surface area contributed by atoms with Crippen LogP contribution in [0.1, 0.15) is 90.1 Å². The summed E-state index contributed by atoms with van der Waals surface area (Å²) in [6.45, 7) is 12.0. The van der Waals surface area contributed by atoms with E-state index < -0.39 is 0 Å². The Hall–Kier alpha value is -3.03. The van der Waals surface area contributed by atoms with Gasteiger partial charge in [0.15, 0.2) is 5.69 Å². The third-order valence-electron chi connectivity index (χ3n) is 6.91. The van der Waals surface area contributed by atoms with Crippen LogP contribution in [0.2, 0.25) is 0 Å². The Morgan fingerprint density at radius 3 is 2.24 bits per heavy atom. The summed E-state index contributed by atoms with van der Waals surface area (Å²) in [5, 5.41) is 10.8. The number of carbonyl (C=O) groups excluding carboxylic acids is 2. The van der Waals surface area contributed by atoms with E-state index in [1.165, 1.54) is 0 Å². The number of amides is 2. The maximum atomic E-state index is 13.5. The predicted octanol–water partition coefficient (Wildman–Crippen LogP) is 5.84. The van der Waals surface area contributed by atoms with Crippen LogP contribution in [-0.4, -0.2) is 48.4 Å². The quantitative estimate of drug-likeness (QED) is 0.251. The topological polar surface area (TPSA) is 94.5 Å². The van der Waals surface area contributed by atoms with E-state index in [-0.39, 0.29) is 24.3 Å². The van der Waals surface area contributed by atoms with E-state index in [1.807, 2.05) is 22.9 Å². The van der Waals surface area contributed by atoms with Crippen molar-refractivity contribution >= 4 is 11.8 Å². The SMILES string of the molecule is CCCCCNC(=O)C[C@H](CC(C)C)NC(=O)c1cc(-c2c(OC)cccc2OC)n(CC(CC)CC)n1. The fourth-order valence-corrected chi connectivity index (χ4v) is 4.68. The number of nitrogens with zero attached hydrogens (tertiary/aromatic N) is 2. The molecular formula is C30H48N4O4. The summed E-state index contributed by atoms with van der Waals surface area (Å²) in [6.07, 6.45) is 6.12. The largest absolute Gasteiger partial charge is 0.496 e. The molecule has 0 fully saturated rings. The van der Waals surface area contributed by atoms with Gasteiger partial charge in [-0.05, 0) is 42.9 Å². The molecule has 0 aliphatic heterocycles. The second-order valence-electron chi connectivity index (χ2n) is 10.4. The Bertz CT molecular complexity index is 991. The van der Waals surface area contributed by atoms with Crippen LogP contribution in [-0.2, 0) is 11.3 Å². The van der Waals surface area contributed by atoms with Crippen molar-refractivity contribution in [2.24, 2.45) is 11.8 Å². The molecule has 1 aromatic heterocycles. The molecule has 2 amide bonds. The van der Waals surface area contributed by atoms with Gasteiger partial charge in [0.2, 0.25) is 5.91 Å². The molecule has 0 unspecified atom stereocenters. The van der Waals surface area contributed by atoms with Gasteiger partial charge < -0.3 is 20.1 Å². The van der Waals surface area contributed by atoms with Crippen LogP contribution in [0.5, 0.6) is 11.5 Å². The lowest BCUT2D eigenvalue weighted by Crippen LogP contribution is -2.40. The normalized spacial score (nSPS) is 12.0. The van der Waals surface area contributed by atoms with Crippen LogP contribution in [0.3, 0.4) is 0 Å². The molecule has 0 spiro atoms. The Morgan fingerprint density at radius 2 is 1.68 bits per heavy atom. The number of unbranched alkanes of at least 4 members (excludes halogenated alkanes) is 2. The van der Waals surface area contributed by atoms with Crippen molar-refractivity contribution in [2.75, 3.05) is 20.8 Å². The summed E-state index contributed by atoms with van der Waals surface area (Å²) in [7, 11) is 3.24. The molecule has 0 aliphatic rings. The number of ether oxygens (including phenoxy) is 2. The lowest BCUT2D eigenvalue weighted by molar-refractivity contribution is -0.121. The summed E-state index contributed by atoms with van der Waals surface area (Å²) in [4.78, 5) is 26.0. The zero-order chi connectivity index (χ0) is 28.1. The van der Waals surface area contributed by atoms with E-state index in [0.29, 0.717) is 48.5 Å². The maximum Gasteiger partial charge on any atom is 0.272 e. The minimum atomic E-state index is -0.284. The lowest BCUT2D eigenvalue weighted by atomic mass is 10.0. The van der Waals surface area contributed by atoms with Gasteiger partial charge in [-0.25, -0.2) is 0 Å². The molecule has 8 heteroatoms. The van der Waals surface area contributed by atoms with Crippen LogP contribution in [0, 0.1) is 11.8 Å². The molecule has 1 atom stereocenters. The highest BCUT2D eigenvalue weighted by molar-refractivity contribution is 5.94. The van der Waals surface area contributed by atoms with E-state index in [2.05, 4.69) is 45.3 Å². The molecule has 0 bridgehead atoms. The molecule has 0 saturated heterocycles. The van der Waals surface area contributed by atoms with Crippen LogP contribution in [0.15, 0.2) is 24.3 Å². The van der Waals surface area contributed by atoms with Gasteiger partial charge in [-0.3, -0.25) is 14.3 Å². The smallest absolute Gasteiger partial charge is 0.272 e. The van der Waals surface area contributed by atoms with Crippen LogP contribution in [0.25, 0.3) is 11.3 Å². The summed E-state index contributed by atoms with van der Waals surface area (Å²) < 4.78 is 13.2. The molecule has 212 valence electrons. The number of nitrogens with one attached hydrogen (secondary N) is 2. The van der Waals surface area contributed by atoms with Crippen molar-refractivity contribution in [3.63, 3.8) is 0 Å². The molecule has 1 heterocycles. The molecule has 2 aromatic rings. The highest BCUT2D eigenvalue weighted by Crippen LogP contribution is 2.39. The van der Waals surface area contributed by atoms with Gasteiger partial charge in [0.25, 0.3) is 5.91 Å². The summed E-state index contributed by atoms with van der Waals surface area (Å²) in [5.41, 5.74) is 1.85. The molecule has 8 nitrogen and oxygen atoms in total. The third kappa shape index (κ3) is 9.07. The van der Waals surface area contributed by atoms with Gasteiger partial charge in [-0.2, -0.15) is 5.10 Å². The first kappa shape index (κ1) is 31.2. The zero-order valence-electron chi connectivity index (χ0n) is 24.4. The minimum Gasteiger partial charge on any atom is -0.496 e. The Morgan fingerprint density at radius 1 is 1.03 bits per heavy atom. The number of rotatable bonds is 17. The second-order valence-corrected chi connectivity index (χ2v) is 10.4. The first-order valence-electron chi connectivity index (χ1n) is 14.1. The van der Waals surface area contributed by atoms with Gasteiger partial charge >= 0.3 is 0 Å². The van der Waals surface area contributed by atoms with Crippen molar-refractivity contribution in [1.29, 1.82) is 0 Å². The first-order valence-corrected chi connectivity index (χ1v) is 14.1. The fraction of sp³-hybridized carbons (Fsp3) is 0.633. The number of methoxy groups -OCH3 is 2. The number of aromatic nitrogens is 2. The van der Waals surface area contributed by atoms with Crippen molar-refractivity contribution in [3.8, 4) is 22.8 Å². The highest BCUT2D eigenvalue weighted by atomic mass is 16.5. The van der Waals surface area contributed by atoms with Gasteiger partial charge in [0.1, 0.15) is 11.5 Å². The Balaban J connectivity index is 2.36. The molecule has 0 aliphatic carbocycles. The average molecular weight is 529 g/mol. The predicted molar refractivity (Wildman–Crippen MR) is 153 cm³/mol. The lowest BCUT2D eigenvalue weighted by Gasteiger charge is -2.20. The fourth-order valence-electron chi connectivity index (χ4n) is 4.68. The van der Waals surface area contributed by atoms with Gasteiger partial charge in [-0.15, -0.1) is 0 Å². The minimum absolute atomic E-state index is 0.0363. The molecular weight excluding hydrogens is 480 g/mol. The van der Waals surface area contributed by atoms with E-state index in [9.17, 15) is 9.59 Å². The summed E-state index contributed by atoms with van der Waals surface area (Å²) in [6, 6.07) is 7.16. The van der Waals surface area contributed by atoms with Crippen LogP contribution in [0.4, 0.5) is 0 Å². The number of hydrogen-bond donors (Lipinski definition) is 2. The van der Waals surface area contributed by atoms with E-state index in [1.54, 1.807) is 20.3 Å². The van der Waals surface area contributed by atoms with Crippen molar-refractivity contribution in [2.45, 2.75) is 92.2 Å². The standard InChI is InChI=1S/C30H48N4O4/c1-8-11-12-16-31-28(35)18-23(17-21(4)5)32-30(36)24-19-25(34(33-24)20-22(9-2)10-3)29-26(37-6)14-13-15-27(29)38-7/h13-15,19,21-23H,8-12,16-18,20H2,1-7H3,(H,31,35)(H,32,36)/t23-/m0/s1. The van der Waals surface area contributed by atoms with Crippen LogP contribution >= 0.6 is 0 Å². The summed E-state index contributed by atoms with van der Waals surface area (Å²) in [5.74, 6) is 1.72. The zero-order valence-corrected chi connectivity index (χ0v) is 24.4. The monoisotopic (exact) mass is 528 g/mol.